The first-order valence-electron chi connectivity index (χ1n) is 9.12. The standard InChI is InChI=1S/C14H12N4.C8H9Cl2NO/c15-10-6-2-1-5-9(10)13(16)14-17-11-7-3-4-8-12(11)18-14;1-5(12-2)8-6(9)3-11-4-7(8)10/h1-8,16H,15H2,(H,17,18);3-5H,1-2H3. The summed E-state index contributed by atoms with van der Waals surface area (Å²) in [4.78, 5) is 11.4. The number of nitrogens with one attached hydrogen (secondary N) is 2. The first-order valence-corrected chi connectivity index (χ1v) is 9.88. The van der Waals surface area contributed by atoms with Gasteiger partial charge in [-0.25, -0.2) is 4.98 Å². The third-order valence-corrected chi connectivity index (χ3v) is 5.11. The monoisotopic (exact) mass is 441 g/mol. The average molecular weight is 442 g/mol. The van der Waals surface area contributed by atoms with Crippen LogP contribution in [-0.2, 0) is 4.74 Å². The largest absolute Gasteiger partial charge is 0.398 e. The molecule has 0 aliphatic carbocycles. The molecule has 30 heavy (non-hydrogen) atoms. The van der Waals surface area contributed by atoms with Crippen molar-refractivity contribution in [2.24, 2.45) is 0 Å². The number of anilines is 1. The van der Waals surface area contributed by atoms with Gasteiger partial charge in [-0.05, 0) is 25.1 Å². The van der Waals surface area contributed by atoms with E-state index >= 15 is 0 Å². The highest BCUT2D eigenvalue weighted by Crippen LogP contribution is 2.30. The van der Waals surface area contributed by atoms with Crippen LogP contribution in [0.5, 0.6) is 0 Å². The number of nitrogens with two attached hydrogens (primary N) is 1. The number of methoxy groups -OCH3 is 1. The number of nitrogens with zero attached hydrogens (tertiary/aromatic N) is 2. The van der Waals surface area contributed by atoms with Gasteiger partial charge >= 0.3 is 0 Å². The number of imidazole rings is 1. The molecule has 0 saturated heterocycles. The molecule has 0 spiro atoms. The molecule has 6 nitrogen and oxygen atoms in total. The van der Waals surface area contributed by atoms with Gasteiger partial charge in [0.1, 0.15) is 5.71 Å². The summed E-state index contributed by atoms with van der Waals surface area (Å²) in [5.74, 6) is 0.536. The zero-order chi connectivity index (χ0) is 21.7. The second-order valence-electron chi connectivity index (χ2n) is 6.46. The number of H-pyrrole nitrogens is 1. The topological polar surface area (TPSA) is 101 Å². The lowest BCUT2D eigenvalue weighted by Gasteiger charge is -2.12. The summed E-state index contributed by atoms with van der Waals surface area (Å²) < 4.78 is 5.10. The maximum Gasteiger partial charge on any atom is 0.157 e. The van der Waals surface area contributed by atoms with Crippen LogP contribution < -0.4 is 5.73 Å². The van der Waals surface area contributed by atoms with E-state index in [4.69, 9.17) is 39.1 Å². The summed E-state index contributed by atoms with van der Waals surface area (Å²) >= 11 is 11.8. The third-order valence-electron chi connectivity index (χ3n) is 4.51. The lowest BCUT2D eigenvalue weighted by Crippen LogP contribution is -2.06. The van der Waals surface area contributed by atoms with E-state index < -0.39 is 0 Å². The van der Waals surface area contributed by atoms with E-state index in [-0.39, 0.29) is 6.10 Å². The highest BCUT2D eigenvalue weighted by Gasteiger charge is 2.13. The average Bonchev–Trinajstić information content (AvgIpc) is 3.18. The number of nitrogen functional groups attached to an aromatic ring is 1. The van der Waals surface area contributed by atoms with Crippen molar-refractivity contribution in [3.05, 3.63) is 87.9 Å². The zero-order valence-corrected chi connectivity index (χ0v) is 18.0. The van der Waals surface area contributed by atoms with Crippen LogP contribution in [0.15, 0.2) is 60.9 Å². The number of aromatic nitrogens is 3. The molecule has 2 aromatic heterocycles. The van der Waals surface area contributed by atoms with E-state index in [9.17, 15) is 0 Å². The van der Waals surface area contributed by atoms with Gasteiger partial charge in [-0.15, -0.1) is 0 Å². The molecule has 0 amide bonds. The Kier molecular flexibility index (Phi) is 7.05. The lowest BCUT2D eigenvalue weighted by molar-refractivity contribution is 0.119. The molecule has 154 valence electrons. The number of hydrogen-bond acceptors (Lipinski definition) is 5. The minimum Gasteiger partial charge on any atom is -0.398 e. The van der Waals surface area contributed by atoms with Crippen LogP contribution in [0, 0.1) is 5.41 Å². The van der Waals surface area contributed by atoms with Crippen LogP contribution in [0.2, 0.25) is 10.0 Å². The molecule has 1 atom stereocenters. The van der Waals surface area contributed by atoms with E-state index in [1.54, 1.807) is 25.6 Å². The molecule has 4 aromatic rings. The van der Waals surface area contributed by atoms with Crippen LogP contribution in [0.3, 0.4) is 0 Å². The molecule has 0 aliphatic heterocycles. The van der Waals surface area contributed by atoms with Gasteiger partial charge in [-0.3, -0.25) is 10.4 Å². The van der Waals surface area contributed by atoms with Gasteiger partial charge in [-0.1, -0.05) is 53.5 Å². The third kappa shape index (κ3) is 4.79. The molecule has 0 radical (unpaired) electrons. The molecule has 2 heterocycles. The number of aromatic amines is 1. The molecule has 8 heteroatoms. The van der Waals surface area contributed by atoms with E-state index in [1.807, 2.05) is 49.4 Å². The molecule has 4 rings (SSSR count). The van der Waals surface area contributed by atoms with Gasteiger partial charge in [0.25, 0.3) is 0 Å². The number of benzene rings is 2. The minimum absolute atomic E-state index is 0.104. The van der Waals surface area contributed by atoms with Crippen molar-refractivity contribution in [1.29, 1.82) is 5.41 Å². The Morgan fingerprint density at radius 3 is 2.33 bits per heavy atom. The van der Waals surface area contributed by atoms with Gasteiger partial charge in [0, 0.05) is 36.3 Å². The van der Waals surface area contributed by atoms with Gasteiger partial charge in [0.15, 0.2) is 5.82 Å². The van der Waals surface area contributed by atoms with Crippen LogP contribution in [-0.4, -0.2) is 27.8 Å². The van der Waals surface area contributed by atoms with Crippen molar-refractivity contribution in [1.82, 2.24) is 15.0 Å². The van der Waals surface area contributed by atoms with Gasteiger partial charge in [-0.2, -0.15) is 0 Å². The second-order valence-corrected chi connectivity index (χ2v) is 7.27. The van der Waals surface area contributed by atoms with Gasteiger partial charge in [0.2, 0.25) is 0 Å². The van der Waals surface area contributed by atoms with Crippen molar-refractivity contribution in [2.75, 3.05) is 12.8 Å². The van der Waals surface area contributed by atoms with Crippen molar-refractivity contribution in [3.63, 3.8) is 0 Å². The quantitative estimate of drug-likeness (QED) is 0.281. The lowest BCUT2D eigenvalue weighted by atomic mass is 10.1. The van der Waals surface area contributed by atoms with E-state index in [0.717, 1.165) is 16.6 Å². The molecular formula is C22H21Cl2N5O. The molecule has 0 saturated carbocycles. The molecular weight excluding hydrogens is 421 g/mol. The Hall–Kier alpha value is -2.93. The van der Waals surface area contributed by atoms with Gasteiger partial charge < -0.3 is 15.5 Å². The smallest absolute Gasteiger partial charge is 0.157 e. The van der Waals surface area contributed by atoms with Crippen LogP contribution in [0.25, 0.3) is 11.0 Å². The summed E-state index contributed by atoms with van der Waals surface area (Å²) in [5, 5.41) is 9.25. The maximum absolute atomic E-state index is 8.17. The van der Waals surface area contributed by atoms with Crippen LogP contribution in [0.4, 0.5) is 5.69 Å². The SMILES string of the molecule is COC(C)c1c(Cl)cncc1Cl.N=C(c1nc2ccccc2[nH]1)c1ccccc1N. The first kappa shape index (κ1) is 21.8. The number of halogens is 2. The van der Waals surface area contributed by atoms with E-state index in [0.29, 0.717) is 32.8 Å². The zero-order valence-electron chi connectivity index (χ0n) is 16.5. The Bertz CT molecular complexity index is 1120. The molecule has 2 aromatic carbocycles. The summed E-state index contributed by atoms with van der Waals surface area (Å²) in [5.41, 5.74) is 10.0. The second kappa shape index (κ2) is 9.71. The van der Waals surface area contributed by atoms with Gasteiger partial charge in [0.05, 0.1) is 27.2 Å². The van der Waals surface area contributed by atoms with Crippen LogP contribution in [0.1, 0.15) is 30.0 Å². The number of ether oxygens (including phenoxy) is 1. The summed E-state index contributed by atoms with van der Waals surface area (Å²) in [6.07, 6.45) is 3.00. The molecule has 4 N–H and O–H groups in total. The van der Waals surface area contributed by atoms with Crippen molar-refractivity contribution < 1.29 is 4.74 Å². The maximum atomic E-state index is 8.17. The number of rotatable bonds is 4. The number of pyridine rings is 1. The van der Waals surface area contributed by atoms with Crippen molar-refractivity contribution in [3.8, 4) is 0 Å². The Morgan fingerprint density at radius 1 is 1.07 bits per heavy atom. The fourth-order valence-corrected chi connectivity index (χ4v) is 3.52. The van der Waals surface area contributed by atoms with E-state index in [1.165, 1.54) is 0 Å². The Labute approximate surface area is 184 Å². The summed E-state index contributed by atoms with van der Waals surface area (Å²) in [7, 11) is 1.61. The first-order chi connectivity index (χ1) is 14.4. The molecule has 1 unspecified atom stereocenters. The van der Waals surface area contributed by atoms with Crippen molar-refractivity contribution in [2.45, 2.75) is 13.0 Å². The number of para-hydroxylation sites is 3. The van der Waals surface area contributed by atoms with Crippen molar-refractivity contribution >= 4 is 45.6 Å². The molecule has 0 fully saturated rings. The minimum atomic E-state index is -0.104. The normalized spacial score (nSPS) is 11.6. The Morgan fingerprint density at radius 2 is 1.70 bits per heavy atom. The highest BCUT2D eigenvalue weighted by atomic mass is 35.5. The molecule has 0 bridgehead atoms. The van der Waals surface area contributed by atoms with Crippen LogP contribution >= 0.6 is 23.2 Å². The molecule has 0 aliphatic rings. The summed E-state index contributed by atoms with van der Waals surface area (Å²) in [6, 6.07) is 15.0. The fourth-order valence-electron chi connectivity index (χ4n) is 2.85. The number of hydrogen-bond donors (Lipinski definition) is 3. The predicted molar refractivity (Wildman–Crippen MR) is 123 cm³/mol. The number of fused-ring (bicyclic) bond motifs is 1. The Balaban J connectivity index is 0.000000187. The fraction of sp³-hybridized carbons (Fsp3) is 0.136. The summed E-state index contributed by atoms with van der Waals surface area (Å²) in [6.45, 7) is 1.88. The highest BCUT2D eigenvalue weighted by molar-refractivity contribution is 6.35. The predicted octanol–water partition coefficient (Wildman–Crippen LogP) is 5.66. The van der Waals surface area contributed by atoms with E-state index in [2.05, 4.69) is 15.0 Å².